The first-order chi connectivity index (χ1) is 7.99. The van der Waals surface area contributed by atoms with E-state index in [1.54, 1.807) is 30.4 Å². The average Bonchev–Trinajstić information content (AvgIpc) is 2.61. The van der Waals surface area contributed by atoms with Crippen LogP contribution >= 0.6 is 59.1 Å². The van der Waals surface area contributed by atoms with Crippen LogP contribution in [0.2, 0.25) is 0 Å². The third-order valence-corrected chi connectivity index (χ3v) is 5.85. The maximum absolute atomic E-state index is 13.5. The Hall–Kier alpha value is 0.290. The molecule has 0 aliphatic heterocycles. The van der Waals surface area contributed by atoms with Gasteiger partial charge in [0.25, 0.3) is 0 Å². The minimum absolute atomic E-state index is 0.00507. The summed E-state index contributed by atoms with van der Waals surface area (Å²) >= 11 is 12.2. The normalized spacial score (nSPS) is 12.8. The van der Waals surface area contributed by atoms with E-state index in [-0.39, 0.29) is 10.6 Å². The summed E-state index contributed by atoms with van der Waals surface area (Å²) in [5.74, 6) is -0.169. The molecule has 0 saturated heterocycles. The molecule has 17 heavy (non-hydrogen) atoms. The molecule has 0 saturated carbocycles. The van der Waals surface area contributed by atoms with Crippen LogP contribution in [-0.4, -0.2) is 0 Å². The molecule has 0 amide bonds. The summed E-state index contributed by atoms with van der Waals surface area (Å²) < 4.78 is 15.6. The number of halogens is 4. The van der Waals surface area contributed by atoms with E-state index in [4.69, 9.17) is 0 Å². The second-order valence-corrected chi connectivity index (χ2v) is 8.32. The molecule has 1 atom stereocenters. The fraction of sp³-hybridized carbons (Fsp3) is 0.167. The molecule has 1 heterocycles. The van der Waals surface area contributed by atoms with Gasteiger partial charge in [0.2, 0.25) is 0 Å². The summed E-state index contributed by atoms with van der Waals surface area (Å²) in [6.45, 7) is 1.76. The third kappa shape index (κ3) is 3.00. The smallest absolute Gasteiger partial charge is 0.126 e. The zero-order valence-electron chi connectivity index (χ0n) is 8.81. The highest BCUT2D eigenvalue weighted by atomic mass is 79.9. The molecule has 1 aromatic carbocycles. The second-order valence-electron chi connectivity index (χ2n) is 3.65. The largest absolute Gasteiger partial charge is 0.207 e. The molecule has 0 fully saturated rings. The molecule has 0 radical (unpaired) electrons. The summed E-state index contributed by atoms with van der Waals surface area (Å²) in [6, 6.07) is 7.35. The molecule has 1 unspecified atom stereocenters. The number of benzene rings is 1. The van der Waals surface area contributed by atoms with Crippen LogP contribution in [-0.2, 0) is 0 Å². The predicted octanol–water partition coefficient (Wildman–Crippen LogP) is 6.20. The molecular formula is C12H8Br3FS. The highest BCUT2D eigenvalue weighted by Crippen LogP contribution is 2.41. The SMILES string of the molecule is Cc1ccc(C(Br)c2cc(Br)sc2Br)cc1F. The van der Waals surface area contributed by atoms with Crippen molar-refractivity contribution in [1.29, 1.82) is 0 Å². The molecule has 2 aromatic rings. The molecule has 0 spiro atoms. The summed E-state index contributed by atoms with van der Waals surface area (Å²) in [5, 5.41) is 0. The van der Waals surface area contributed by atoms with Crippen molar-refractivity contribution >= 4 is 59.1 Å². The standard InChI is InChI=1S/C12H8Br3FS/c1-6-2-3-7(4-9(6)16)11(14)8-5-10(13)17-12(8)15/h2-5,11H,1H3. The molecular weight excluding hydrogens is 435 g/mol. The van der Waals surface area contributed by atoms with Crippen LogP contribution in [0, 0.1) is 12.7 Å². The molecule has 0 aliphatic rings. The fourth-order valence-corrected chi connectivity index (χ4v) is 5.48. The Balaban J connectivity index is 2.40. The quantitative estimate of drug-likeness (QED) is 0.485. The van der Waals surface area contributed by atoms with Gasteiger partial charge < -0.3 is 0 Å². The molecule has 5 heteroatoms. The lowest BCUT2D eigenvalue weighted by Crippen LogP contribution is -1.94. The van der Waals surface area contributed by atoms with Crippen molar-refractivity contribution in [3.8, 4) is 0 Å². The highest BCUT2D eigenvalue weighted by molar-refractivity contribution is 9.12. The van der Waals surface area contributed by atoms with Crippen LogP contribution in [0.4, 0.5) is 4.39 Å². The van der Waals surface area contributed by atoms with Crippen LogP contribution in [0.25, 0.3) is 0 Å². The van der Waals surface area contributed by atoms with Crippen LogP contribution in [0.1, 0.15) is 21.5 Å². The van der Waals surface area contributed by atoms with E-state index >= 15 is 0 Å². The lowest BCUT2D eigenvalue weighted by molar-refractivity contribution is 0.616. The summed E-state index contributed by atoms with van der Waals surface area (Å²) in [6.07, 6.45) is 0. The van der Waals surface area contributed by atoms with Crippen molar-refractivity contribution in [3.05, 3.63) is 54.3 Å². The maximum atomic E-state index is 13.5. The van der Waals surface area contributed by atoms with Crippen molar-refractivity contribution in [2.75, 3.05) is 0 Å². The number of aryl methyl sites for hydroxylation is 1. The van der Waals surface area contributed by atoms with Gasteiger partial charge in [-0.1, -0.05) is 28.1 Å². The minimum atomic E-state index is -0.169. The lowest BCUT2D eigenvalue weighted by Gasteiger charge is -2.10. The molecule has 0 aliphatic carbocycles. The van der Waals surface area contributed by atoms with Crippen LogP contribution in [0.3, 0.4) is 0 Å². The first-order valence-corrected chi connectivity index (χ1v) is 8.15. The Morgan fingerprint density at radius 2 is 1.94 bits per heavy atom. The Morgan fingerprint density at radius 3 is 2.47 bits per heavy atom. The third-order valence-electron chi connectivity index (χ3n) is 2.44. The Morgan fingerprint density at radius 1 is 1.24 bits per heavy atom. The molecule has 0 bridgehead atoms. The van der Waals surface area contributed by atoms with E-state index < -0.39 is 0 Å². The number of hydrogen-bond donors (Lipinski definition) is 0. The van der Waals surface area contributed by atoms with Crippen molar-refractivity contribution in [3.63, 3.8) is 0 Å². The molecule has 0 N–H and O–H groups in total. The van der Waals surface area contributed by atoms with Gasteiger partial charge in [-0.3, -0.25) is 0 Å². The molecule has 0 nitrogen and oxygen atoms in total. The van der Waals surface area contributed by atoms with Crippen LogP contribution in [0.15, 0.2) is 31.8 Å². The van der Waals surface area contributed by atoms with E-state index in [0.717, 1.165) is 18.7 Å². The van der Waals surface area contributed by atoms with E-state index in [2.05, 4.69) is 47.8 Å². The molecule has 1 aromatic heterocycles. The van der Waals surface area contributed by atoms with Gasteiger partial charge in [-0.2, -0.15) is 0 Å². The summed E-state index contributed by atoms with van der Waals surface area (Å²) in [4.78, 5) is -0.00507. The Labute approximate surface area is 129 Å². The highest BCUT2D eigenvalue weighted by Gasteiger charge is 2.17. The van der Waals surface area contributed by atoms with Gasteiger partial charge in [-0.25, -0.2) is 4.39 Å². The van der Waals surface area contributed by atoms with Gasteiger partial charge >= 0.3 is 0 Å². The zero-order valence-corrected chi connectivity index (χ0v) is 14.4. The van der Waals surface area contributed by atoms with E-state index in [1.165, 1.54) is 0 Å². The van der Waals surface area contributed by atoms with Crippen LogP contribution in [0.5, 0.6) is 0 Å². The molecule has 2 rings (SSSR count). The first-order valence-electron chi connectivity index (χ1n) is 4.84. The van der Waals surface area contributed by atoms with Crippen molar-refractivity contribution in [2.24, 2.45) is 0 Å². The van der Waals surface area contributed by atoms with Gasteiger partial charge in [0, 0.05) is 0 Å². The zero-order chi connectivity index (χ0) is 12.6. The van der Waals surface area contributed by atoms with Gasteiger partial charge in [0.15, 0.2) is 0 Å². The molecule has 90 valence electrons. The Kier molecular flexibility index (Phi) is 4.45. The monoisotopic (exact) mass is 440 g/mol. The van der Waals surface area contributed by atoms with Crippen molar-refractivity contribution < 1.29 is 4.39 Å². The van der Waals surface area contributed by atoms with E-state index in [1.807, 2.05) is 12.1 Å². The first kappa shape index (κ1) is 13.7. The number of alkyl halides is 1. The van der Waals surface area contributed by atoms with Gasteiger partial charge in [-0.15, -0.1) is 11.3 Å². The summed E-state index contributed by atoms with van der Waals surface area (Å²) in [7, 11) is 0. The fourth-order valence-electron chi connectivity index (χ4n) is 1.47. The Bertz CT molecular complexity index is 551. The van der Waals surface area contributed by atoms with E-state index in [0.29, 0.717) is 5.56 Å². The minimum Gasteiger partial charge on any atom is -0.207 e. The van der Waals surface area contributed by atoms with Crippen molar-refractivity contribution in [1.82, 2.24) is 0 Å². The average molecular weight is 443 g/mol. The number of thiophene rings is 1. The van der Waals surface area contributed by atoms with Crippen LogP contribution < -0.4 is 0 Å². The second kappa shape index (κ2) is 5.51. The van der Waals surface area contributed by atoms with Gasteiger partial charge in [0.1, 0.15) is 5.82 Å². The number of rotatable bonds is 2. The lowest BCUT2D eigenvalue weighted by atomic mass is 10.1. The van der Waals surface area contributed by atoms with Gasteiger partial charge in [-0.05, 0) is 67.6 Å². The topological polar surface area (TPSA) is 0 Å². The predicted molar refractivity (Wildman–Crippen MR) is 81.6 cm³/mol. The van der Waals surface area contributed by atoms with E-state index in [9.17, 15) is 4.39 Å². The van der Waals surface area contributed by atoms with Gasteiger partial charge in [0.05, 0.1) is 12.4 Å². The number of hydrogen-bond acceptors (Lipinski definition) is 1. The maximum Gasteiger partial charge on any atom is 0.126 e. The van der Waals surface area contributed by atoms with Crippen molar-refractivity contribution in [2.45, 2.75) is 11.8 Å². The summed E-state index contributed by atoms with van der Waals surface area (Å²) in [5.41, 5.74) is 2.68.